The maximum absolute atomic E-state index is 12.1. The van der Waals surface area contributed by atoms with Crippen LogP contribution in [-0.2, 0) is 9.53 Å². The lowest BCUT2D eigenvalue weighted by Gasteiger charge is -2.10. The second kappa shape index (κ2) is 8.63. The Morgan fingerprint density at radius 1 is 0.960 bits per heavy atom. The average molecular weight is 340 g/mol. The fraction of sp³-hybridized carbons (Fsp3) is 0.211. The van der Waals surface area contributed by atoms with Crippen LogP contribution in [0.4, 0.5) is 5.69 Å². The number of carbonyl (C=O) groups excluding carboxylic acids is 3. The molecular weight excluding hydrogens is 320 g/mol. The minimum atomic E-state index is -0.524. The van der Waals surface area contributed by atoms with E-state index in [1.165, 1.54) is 7.11 Å². The lowest BCUT2D eigenvalue weighted by molar-refractivity contribution is -0.116. The zero-order chi connectivity index (χ0) is 18.2. The van der Waals surface area contributed by atoms with Crippen molar-refractivity contribution >= 4 is 23.5 Å². The summed E-state index contributed by atoms with van der Waals surface area (Å²) in [4.78, 5) is 35.8. The van der Waals surface area contributed by atoms with Crippen molar-refractivity contribution in [3.8, 4) is 0 Å². The normalized spacial score (nSPS) is 10.0. The van der Waals surface area contributed by atoms with Gasteiger partial charge in [0.1, 0.15) is 0 Å². The number of rotatable bonds is 6. The van der Waals surface area contributed by atoms with Crippen molar-refractivity contribution in [2.75, 3.05) is 19.0 Å². The van der Waals surface area contributed by atoms with Crippen LogP contribution in [0, 0.1) is 6.92 Å². The number of benzene rings is 2. The molecule has 0 radical (unpaired) electrons. The van der Waals surface area contributed by atoms with E-state index in [1.807, 2.05) is 19.1 Å². The predicted molar refractivity (Wildman–Crippen MR) is 94.5 cm³/mol. The van der Waals surface area contributed by atoms with Crippen LogP contribution in [0.1, 0.15) is 32.7 Å². The highest BCUT2D eigenvalue weighted by molar-refractivity contribution is 6.01. The molecule has 2 rings (SSSR count). The molecule has 2 aromatic rings. The molecule has 0 aliphatic rings. The highest BCUT2D eigenvalue weighted by atomic mass is 16.5. The van der Waals surface area contributed by atoms with Crippen LogP contribution < -0.4 is 10.6 Å². The Morgan fingerprint density at radius 2 is 1.60 bits per heavy atom. The molecule has 2 amide bonds. The van der Waals surface area contributed by atoms with Gasteiger partial charge in [0.25, 0.3) is 5.91 Å². The number of carbonyl (C=O) groups is 3. The Hall–Kier alpha value is -3.15. The molecule has 2 aromatic carbocycles. The summed E-state index contributed by atoms with van der Waals surface area (Å²) in [7, 11) is 1.28. The number of amides is 2. The Kier molecular flexibility index (Phi) is 6.28. The number of ether oxygens (including phenoxy) is 1. The summed E-state index contributed by atoms with van der Waals surface area (Å²) >= 11 is 0. The third-order valence-corrected chi connectivity index (χ3v) is 3.63. The SMILES string of the molecule is COC(=O)c1ccccc1NC(=O)CCNC(=O)c1ccccc1C. The van der Waals surface area contributed by atoms with Crippen LogP contribution in [-0.4, -0.2) is 31.4 Å². The van der Waals surface area contributed by atoms with Crippen LogP contribution >= 0.6 is 0 Å². The van der Waals surface area contributed by atoms with E-state index in [1.54, 1.807) is 36.4 Å². The van der Waals surface area contributed by atoms with E-state index in [0.29, 0.717) is 11.3 Å². The van der Waals surface area contributed by atoms with Crippen molar-refractivity contribution in [1.29, 1.82) is 0 Å². The van der Waals surface area contributed by atoms with E-state index in [2.05, 4.69) is 15.4 Å². The zero-order valence-corrected chi connectivity index (χ0v) is 14.2. The second-order valence-corrected chi connectivity index (χ2v) is 5.41. The quantitative estimate of drug-likeness (QED) is 0.792. The molecule has 0 spiro atoms. The molecule has 0 aliphatic heterocycles. The van der Waals surface area contributed by atoms with E-state index < -0.39 is 5.97 Å². The summed E-state index contributed by atoms with van der Waals surface area (Å²) in [5.41, 5.74) is 2.11. The molecule has 0 saturated carbocycles. The van der Waals surface area contributed by atoms with Gasteiger partial charge in [-0.05, 0) is 30.7 Å². The van der Waals surface area contributed by atoms with Gasteiger partial charge in [-0.3, -0.25) is 9.59 Å². The molecule has 0 aromatic heterocycles. The third-order valence-electron chi connectivity index (χ3n) is 3.63. The standard InChI is InChI=1S/C19H20N2O4/c1-13-7-3-4-8-14(13)18(23)20-12-11-17(22)21-16-10-6-5-9-15(16)19(24)25-2/h3-10H,11-12H2,1-2H3,(H,20,23)(H,21,22). The first-order valence-electron chi connectivity index (χ1n) is 7.84. The number of anilines is 1. The number of esters is 1. The van der Waals surface area contributed by atoms with E-state index in [9.17, 15) is 14.4 Å². The van der Waals surface area contributed by atoms with Crippen LogP contribution in [0.25, 0.3) is 0 Å². The Bertz CT molecular complexity index is 786. The summed E-state index contributed by atoms with van der Waals surface area (Å²) in [5, 5.41) is 5.37. The highest BCUT2D eigenvalue weighted by Crippen LogP contribution is 2.16. The van der Waals surface area contributed by atoms with E-state index in [-0.39, 0.29) is 30.3 Å². The summed E-state index contributed by atoms with van der Waals surface area (Å²) in [6, 6.07) is 13.8. The van der Waals surface area contributed by atoms with Crippen molar-refractivity contribution in [1.82, 2.24) is 5.32 Å². The van der Waals surface area contributed by atoms with Gasteiger partial charge in [-0.2, -0.15) is 0 Å². The van der Waals surface area contributed by atoms with Crippen molar-refractivity contribution in [2.45, 2.75) is 13.3 Å². The molecule has 0 heterocycles. The zero-order valence-electron chi connectivity index (χ0n) is 14.2. The summed E-state index contributed by atoms with van der Waals surface area (Å²) in [6.07, 6.45) is 0.0904. The highest BCUT2D eigenvalue weighted by Gasteiger charge is 2.13. The van der Waals surface area contributed by atoms with Crippen molar-refractivity contribution in [3.05, 3.63) is 65.2 Å². The van der Waals surface area contributed by atoms with Gasteiger partial charge in [0, 0.05) is 18.5 Å². The molecule has 0 fully saturated rings. The summed E-state index contributed by atoms with van der Waals surface area (Å²) < 4.78 is 4.68. The number of methoxy groups -OCH3 is 1. The molecule has 0 aliphatic carbocycles. The van der Waals surface area contributed by atoms with Gasteiger partial charge in [-0.15, -0.1) is 0 Å². The third kappa shape index (κ3) is 4.91. The second-order valence-electron chi connectivity index (χ2n) is 5.41. The fourth-order valence-electron chi connectivity index (χ4n) is 2.31. The van der Waals surface area contributed by atoms with Crippen LogP contribution in [0.5, 0.6) is 0 Å². The van der Waals surface area contributed by atoms with E-state index >= 15 is 0 Å². The van der Waals surface area contributed by atoms with E-state index in [0.717, 1.165) is 5.56 Å². The monoisotopic (exact) mass is 340 g/mol. The van der Waals surface area contributed by atoms with Gasteiger partial charge in [0.2, 0.25) is 5.91 Å². The number of hydrogen-bond acceptors (Lipinski definition) is 4. The molecule has 0 atom stereocenters. The average Bonchev–Trinajstić information content (AvgIpc) is 2.61. The smallest absolute Gasteiger partial charge is 0.339 e. The number of para-hydroxylation sites is 1. The summed E-state index contributed by atoms with van der Waals surface area (Å²) in [5.74, 6) is -1.05. The van der Waals surface area contributed by atoms with Gasteiger partial charge in [0.15, 0.2) is 0 Å². The van der Waals surface area contributed by atoms with Crippen LogP contribution in [0.3, 0.4) is 0 Å². The van der Waals surface area contributed by atoms with Gasteiger partial charge >= 0.3 is 5.97 Å². The van der Waals surface area contributed by atoms with Crippen molar-refractivity contribution in [2.24, 2.45) is 0 Å². The summed E-state index contributed by atoms with van der Waals surface area (Å²) in [6.45, 7) is 2.05. The molecule has 2 N–H and O–H groups in total. The fourth-order valence-corrected chi connectivity index (χ4v) is 2.31. The maximum Gasteiger partial charge on any atom is 0.339 e. The molecule has 130 valence electrons. The Labute approximate surface area is 146 Å². The first kappa shape index (κ1) is 18.2. The number of hydrogen-bond donors (Lipinski definition) is 2. The molecule has 6 nitrogen and oxygen atoms in total. The minimum absolute atomic E-state index is 0.0904. The minimum Gasteiger partial charge on any atom is -0.465 e. The van der Waals surface area contributed by atoms with Gasteiger partial charge in [-0.1, -0.05) is 30.3 Å². The first-order chi connectivity index (χ1) is 12.0. The number of aryl methyl sites for hydroxylation is 1. The van der Waals surface area contributed by atoms with Gasteiger partial charge < -0.3 is 15.4 Å². The molecule has 0 bridgehead atoms. The molecule has 25 heavy (non-hydrogen) atoms. The van der Waals surface area contributed by atoms with Crippen molar-refractivity contribution in [3.63, 3.8) is 0 Å². The number of nitrogens with one attached hydrogen (secondary N) is 2. The Morgan fingerprint density at radius 3 is 2.28 bits per heavy atom. The molecule has 0 saturated heterocycles. The molecule has 0 unspecified atom stereocenters. The topological polar surface area (TPSA) is 84.5 Å². The maximum atomic E-state index is 12.1. The lowest BCUT2D eigenvalue weighted by atomic mass is 10.1. The predicted octanol–water partition coefficient (Wildman–Crippen LogP) is 2.54. The largest absolute Gasteiger partial charge is 0.465 e. The lowest BCUT2D eigenvalue weighted by Crippen LogP contribution is -2.28. The van der Waals surface area contributed by atoms with E-state index in [4.69, 9.17) is 0 Å². The van der Waals surface area contributed by atoms with Crippen molar-refractivity contribution < 1.29 is 19.1 Å². The van der Waals surface area contributed by atoms with Crippen LogP contribution in [0.2, 0.25) is 0 Å². The molecule has 6 heteroatoms. The molecular formula is C19H20N2O4. The first-order valence-corrected chi connectivity index (χ1v) is 7.84. The Balaban J connectivity index is 1.89. The van der Waals surface area contributed by atoms with Gasteiger partial charge in [0.05, 0.1) is 18.4 Å². The van der Waals surface area contributed by atoms with Gasteiger partial charge in [-0.25, -0.2) is 4.79 Å². The van der Waals surface area contributed by atoms with Crippen LogP contribution in [0.15, 0.2) is 48.5 Å².